The molecule has 0 radical (unpaired) electrons. The van der Waals surface area contributed by atoms with E-state index in [1.807, 2.05) is 0 Å². The average Bonchev–Trinajstić information content (AvgIpc) is 2.68. The molecule has 3 rings (SSSR count). The molecule has 1 heterocycles. The summed E-state index contributed by atoms with van der Waals surface area (Å²) in [4.78, 5) is 11.2. The Hall–Kier alpha value is -1.40. The number of hydrogen-bond acceptors (Lipinski definition) is 3. The quantitative estimate of drug-likeness (QED) is 0.920. The minimum atomic E-state index is -3.67. The summed E-state index contributed by atoms with van der Waals surface area (Å²) in [7, 11) is -3.67. The minimum Gasteiger partial charge on any atom is -0.478 e. The fourth-order valence-electron chi connectivity index (χ4n) is 4.61. The number of rotatable bonds is 3. The number of nitrogens with zero attached hydrogens (tertiary/aromatic N) is 1. The highest BCUT2D eigenvalue weighted by Crippen LogP contribution is 2.53. The number of sulfonamides is 1. The lowest BCUT2D eigenvalue weighted by atomic mass is 9.65. The van der Waals surface area contributed by atoms with Crippen LogP contribution in [0, 0.1) is 10.8 Å². The topological polar surface area (TPSA) is 74.7 Å². The highest BCUT2D eigenvalue weighted by atomic mass is 32.2. The van der Waals surface area contributed by atoms with Crippen molar-refractivity contribution in [2.75, 3.05) is 6.54 Å². The van der Waals surface area contributed by atoms with E-state index in [-0.39, 0.29) is 27.3 Å². The van der Waals surface area contributed by atoms with Crippen molar-refractivity contribution >= 4 is 16.0 Å². The van der Waals surface area contributed by atoms with Gasteiger partial charge in [0, 0.05) is 12.6 Å². The van der Waals surface area contributed by atoms with E-state index in [9.17, 15) is 13.2 Å². The molecule has 1 aromatic rings. The smallest absolute Gasteiger partial charge is 0.335 e. The van der Waals surface area contributed by atoms with Crippen LogP contribution in [0.15, 0.2) is 29.2 Å². The first-order valence-corrected chi connectivity index (χ1v) is 9.32. The Balaban J connectivity index is 1.98. The van der Waals surface area contributed by atoms with Gasteiger partial charge in [-0.2, -0.15) is 4.31 Å². The van der Waals surface area contributed by atoms with Gasteiger partial charge in [0.05, 0.1) is 10.5 Å². The normalized spacial score (nSPS) is 30.3. The largest absolute Gasteiger partial charge is 0.478 e. The third-order valence-electron chi connectivity index (χ3n) is 5.05. The third-order valence-corrected chi connectivity index (χ3v) is 6.95. The summed E-state index contributed by atoms with van der Waals surface area (Å²) in [5.74, 6) is -1.12. The van der Waals surface area contributed by atoms with Gasteiger partial charge >= 0.3 is 5.97 Å². The van der Waals surface area contributed by atoms with Crippen LogP contribution in [0.25, 0.3) is 0 Å². The second-order valence-electron chi connectivity index (χ2n) is 8.10. The second kappa shape index (κ2) is 5.05. The molecule has 2 atom stereocenters. The summed E-state index contributed by atoms with van der Waals surface area (Å²) < 4.78 is 27.7. The van der Waals surface area contributed by atoms with Gasteiger partial charge in [0.1, 0.15) is 0 Å². The van der Waals surface area contributed by atoms with E-state index in [2.05, 4.69) is 20.8 Å². The van der Waals surface area contributed by atoms with E-state index in [1.165, 1.54) is 24.3 Å². The van der Waals surface area contributed by atoms with Crippen molar-refractivity contribution in [3.05, 3.63) is 29.8 Å². The highest BCUT2D eigenvalue weighted by molar-refractivity contribution is 7.89. The zero-order valence-corrected chi connectivity index (χ0v) is 14.6. The van der Waals surface area contributed by atoms with E-state index in [0.29, 0.717) is 6.54 Å². The molecule has 2 aliphatic rings. The predicted octanol–water partition coefficient (Wildman–Crippen LogP) is 2.97. The lowest BCUT2D eigenvalue weighted by molar-refractivity contribution is 0.0696. The molecule has 126 valence electrons. The summed E-state index contributed by atoms with van der Waals surface area (Å²) in [6, 6.07) is 5.64. The number of hydrogen-bond donors (Lipinski definition) is 1. The monoisotopic (exact) mass is 337 g/mol. The fourth-order valence-corrected chi connectivity index (χ4v) is 6.43. The molecular formula is C17H23NO4S. The zero-order chi connectivity index (χ0) is 17.0. The Morgan fingerprint density at radius 2 is 1.96 bits per heavy atom. The van der Waals surface area contributed by atoms with E-state index < -0.39 is 16.0 Å². The van der Waals surface area contributed by atoms with E-state index >= 15 is 0 Å². The summed E-state index contributed by atoms with van der Waals surface area (Å²) in [6.45, 7) is 7.06. The van der Waals surface area contributed by atoms with Crippen molar-refractivity contribution in [2.24, 2.45) is 10.8 Å². The molecule has 0 unspecified atom stereocenters. The Morgan fingerprint density at radius 1 is 1.26 bits per heavy atom. The molecule has 2 fully saturated rings. The molecule has 1 N–H and O–H groups in total. The van der Waals surface area contributed by atoms with Crippen LogP contribution in [-0.2, 0) is 10.0 Å². The van der Waals surface area contributed by atoms with Gasteiger partial charge in [0.15, 0.2) is 0 Å². The van der Waals surface area contributed by atoms with Crippen molar-refractivity contribution in [2.45, 2.75) is 51.0 Å². The van der Waals surface area contributed by atoms with Crippen LogP contribution in [0.5, 0.6) is 0 Å². The number of carboxylic acids is 1. The van der Waals surface area contributed by atoms with Crippen molar-refractivity contribution in [1.29, 1.82) is 0 Å². The summed E-state index contributed by atoms with van der Waals surface area (Å²) >= 11 is 0. The molecule has 1 aliphatic carbocycles. The number of carboxylic acid groups (broad SMARTS) is 1. The Morgan fingerprint density at radius 3 is 2.61 bits per heavy atom. The Kier molecular flexibility index (Phi) is 3.61. The molecule has 1 aliphatic heterocycles. The van der Waals surface area contributed by atoms with Gasteiger partial charge in [-0.3, -0.25) is 0 Å². The molecule has 1 saturated heterocycles. The molecule has 1 aromatic carbocycles. The SMILES string of the molecule is CC1(C)C[C@@H]2C[C@@](C)(CN2S(=O)(=O)c2cccc(C(=O)O)c2)C1. The van der Waals surface area contributed by atoms with E-state index in [4.69, 9.17) is 5.11 Å². The first kappa shape index (κ1) is 16.5. The maximum absolute atomic E-state index is 13.0. The van der Waals surface area contributed by atoms with Gasteiger partial charge in [-0.05, 0) is 48.3 Å². The van der Waals surface area contributed by atoms with Gasteiger partial charge in [0.25, 0.3) is 0 Å². The lowest BCUT2D eigenvalue weighted by Crippen LogP contribution is -2.37. The van der Waals surface area contributed by atoms with Crippen LogP contribution in [0.4, 0.5) is 0 Å². The van der Waals surface area contributed by atoms with Gasteiger partial charge in [-0.25, -0.2) is 13.2 Å². The Labute approximate surface area is 137 Å². The van der Waals surface area contributed by atoms with Gasteiger partial charge in [-0.15, -0.1) is 0 Å². The Bertz CT molecular complexity index is 756. The minimum absolute atomic E-state index is 0.000199. The van der Waals surface area contributed by atoms with Crippen molar-refractivity contribution in [3.63, 3.8) is 0 Å². The maximum Gasteiger partial charge on any atom is 0.335 e. The van der Waals surface area contributed by atoms with Gasteiger partial charge in [-0.1, -0.05) is 26.8 Å². The fraction of sp³-hybridized carbons (Fsp3) is 0.588. The van der Waals surface area contributed by atoms with Crippen LogP contribution in [0.3, 0.4) is 0 Å². The first-order valence-electron chi connectivity index (χ1n) is 7.88. The number of fused-ring (bicyclic) bond motifs is 2. The van der Waals surface area contributed by atoms with Crippen LogP contribution in [0.2, 0.25) is 0 Å². The molecule has 2 bridgehead atoms. The molecular weight excluding hydrogens is 314 g/mol. The van der Waals surface area contributed by atoms with Crippen molar-refractivity contribution in [3.8, 4) is 0 Å². The number of carbonyl (C=O) groups is 1. The summed E-state index contributed by atoms with van der Waals surface area (Å²) in [6.07, 6.45) is 2.74. The standard InChI is InChI=1S/C17H23NO4S/c1-16(2)8-13-9-17(3,10-16)11-18(13)23(21,22)14-6-4-5-12(7-14)15(19)20/h4-7,13H,8-11H2,1-3H3,(H,19,20)/t13-,17-/m1/s1. The van der Waals surface area contributed by atoms with Crippen LogP contribution >= 0.6 is 0 Å². The number of aromatic carboxylic acids is 1. The van der Waals surface area contributed by atoms with E-state index in [0.717, 1.165) is 19.3 Å². The van der Waals surface area contributed by atoms with Gasteiger partial charge < -0.3 is 5.11 Å². The maximum atomic E-state index is 13.0. The molecule has 0 aromatic heterocycles. The average molecular weight is 337 g/mol. The molecule has 23 heavy (non-hydrogen) atoms. The third kappa shape index (κ3) is 2.90. The molecule has 1 saturated carbocycles. The molecule has 0 spiro atoms. The van der Waals surface area contributed by atoms with Crippen LogP contribution in [-0.4, -0.2) is 36.4 Å². The van der Waals surface area contributed by atoms with Gasteiger partial charge in [0.2, 0.25) is 10.0 Å². The van der Waals surface area contributed by atoms with Crippen LogP contribution < -0.4 is 0 Å². The first-order chi connectivity index (χ1) is 10.5. The molecule has 5 nitrogen and oxygen atoms in total. The second-order valence-corrected chi connectivity index (χ2v) is 9.99. The molecule has 6 heteroatoms. The zero-order valence-electron chi connectivity index (χ0n) is 13.7. The highest BCUT2D eigenvalue weighted by Gasteiger charge is 2.53. The molecule has 0 amide bonds. The lowest BCUT2D eigenvalue weighted by Gasteiger charge is -2.39. The number of benzene rings is 1. The van der Waals surface area contributed by atoms with Crippen molar-refractivity contribution < 1.29 is 18.3 Å². The summed E-state index contributed by atoms with van der Waals surface area (Å²) in [5.41, 5.74) is 0.133. The van der Waals surface area contributed by atoms with Crippen molar-refractivity contribution in [1.82, 2.24) is 4.31 Å². The van der Waals surface area contributed by atoms with E-state index in [1.54, 1.807) is 4.31 Å². The van der Waals surface area contributed by atoms with Crippen LogP contribution in [0.1, 0.15) is 50.4 Å². The summed E-state index contributed by atoms with van der Waals surface area (Å²) in [5, 5.41) is 9.09. The predicted molar refractivity (Wildman–Crippen MR) is 86.8 cm³/mol.